The number of phosphoric ester groups is 1. The minimum absolute atomic E-state index is 0.0708. The lowest BCUT2D eigenvalue weighted by molar-refractivity contribution is -0.297. The van der Waals surface area contributed by atoms with E-state index < -0.39 is 119 Å². The van der Waals surface area contributed by atoms with Crippen LogP contribution in [0.3, 0.4) is 0 Å². The minimum atomic E-state index is -5.29. The van der Waals surface area contributed by atoms with Crippen molar-refractivity contribution in [2.45, 2.75) is 118 Å². The van der Waals surface area contributed by atoms with Gasteiger partial charge in [0.15, 0.2) is 18.9 Å². The van der Waals surface area contributed by atoms with E-state index in [1.165, 1.54) is 0 Å². The number of phosphoric acid groups is 1. The zero-order valence-corrected chi connectivity index (χ0v) is 27.3. The quantitative estimate of drug-likeness (QED) is 0.0427. The standard InChI is InChI=1S/C25H46N3O17PS/c1-10(30)27-16-21(36)19(34)13(43-24(16)44-46(38,39)45-25-22(37)17(32)11(26)8-40-25)9-41-23-15(20(35)18(33)12(7-29)42-23)28-14(31)5-3-2-4-6-47/h11-13,15-25,29,32-37,47H,2-9,26H2,1H3,(H,27,30)(H,28,31)(H,38,39)/t11-,12+,13+,15+,16+,17-,18+,19+,20+,21+,22+,23-,24+,25+/m0/s1. The largest absolute Gasteiger partial charge is 0.477 e. The molecule has 2 amide bonds. The summed E-state index contributed by atoms with van der Waals surface area (Å²) >= 11 is 4.12. The molecule has 3 aliphatic rings. The van der Waals surface area contributed by atoms with E-state index in [1.807, 2.05) is 0 Å². The Labute approximate surface area is 275 Å². The lowest BCUT2D eigenvalue weighted by atomic mass is 9.96. The molecule has 3 rings (SSSR count). The van der Waals surface area contributed by atoms with E-state index in [4.69, 9.17) is 33.7 Å². The van der Waals surface area contributed by atoms with Gasteiger partial charge in [0.25, 0.3) is 0 Å². The van der Waals surface area contributed by atoms with Crippen LogP contribution in [0.25, 0.3) is 0 Å². The summed E-state index contributed by atoms with van der Waals surface area (Å²) in [4.78, 5) is 34.9. The molecule has 22 heteroatoms. The maximum Gasteiger partial charge on any atom is 0.477 e. The highest BCUT2D eigenvalue weighted by molar-refractivity contribution is 7.80. The van der Waals surface area contributed by atoms with Crippen LogP contribution in [0.4, 0.5) is 0 Å². The number of carbonyl (C=O) groups is 2. The van der Waals surface area contributed by atoms with Crippen molar-refractivity contribution in [2.24, 2.45) is 5.73 Å². The van der Waals surface area contributed by atoms with Gasteiger partial charge >= 0.3 is 7.82 Å². The fourth-order valence-corrected chi connectivity index (χ4v) is 6.31. The van der Waals surface area contributed by atoms with E-state index >= 15 is 0 Å². The van der Waals surface area contributed by atoms with E-state index in [2.05, 4.69) is 23.3 Å². The van der Waals surface area contributed by atoms with Gasteiger partial charge in [-0.3, -0.25) is 18.6 Å². The van der Waals surface area contributed by atoms with Crippen LogP contribution in [0.5, 0.6) is 0 Å². The van der Waals surface area contributed by atoms with E-state index in [0.717, 1.165) is 13.3 Å². The van der Waals surface area contributed by atoms with Crippen molar-refractivity contribution >= 4 is 32.3 Å². The molecular weight excluding hydrogens is 677 g/mol. The number of carbonyl (C=O) groups excluding carboxylic acids is 2. The van der Waals surface area contributed by atoms with Crippen LogP contribution in [0.2, 0.25) is 0 Å². The molecule has 3 fully saturated rings. The van der Waals surface area contributed by atoms with Crippen molar-refractivity contribution in [3.8, 4) is 0 Å². The third-order valence-electron chi connectivity index (χ3n) is 7.76. The third kappa shape index (κ3) is 11.0. The van der Waals surface area contributed by atoms with Gasteiger partial charge in [0, 0.05) is 13.3 Å². The van der Waals surface area contributed by atoms with Gasteiger partial charge in [-0.2, -0.15) is 12.6 Å². The van der Waals surface area contributed by atoms with E-state index in [9.17, 15) is 54.8 Å². The predicted molar refractivity (Wildman–Crippen MR) is 158 cm³/mol. The number of rotatable bonds is 15. The Morgan fingerprint density at radius 3 is 2.06 bits per heavy atom. The molecule has 20 nitrogen and oxygen atoms in total. The number of thiol groups is 1. The molecule has 0 spiro atoms. The highest BCUT2D eigenvalue weighted by atomic mass is 32.1. The summed E-state index contributed by atoms with van der Waals surface area (Å²) in [5.41, 5.74) is 5.58. The van der Waals surface area contributed by atoms with Gasteiger partial charge < -0.3 is 76.0 Å². The minimum Gasteiger partial charge on any atom is -0.394 e. The first-order valence-electron chi connectivity index (χ1n) is 15.0. The van der Waals surface area contributed by atoms with Crippen LogP contribution in [-0.2, 0) is 42.1 Å². The number of ether oxygens (including phenoxy) is 4. The van der Waals surface area contributed by atoms with Crippen LogP contribution in [0.15, 0.2) is 0 Å². The van der Waals surface area contributed by atoms with Crippen LogP contribution >= 0.6 is 20.5 Å². The summed E-state index contributed by atoms with van der Waals surface area (Å²) < 4.78 is 44.7. The van der Waals surface area contributed by atoms with Crippen molar-refractivity contribution in [1.82, 2.24) is 10.6 Å². The SMILES string of the molecule is CC(=O)N[C@H]1[C@@H](OP(=O)(O)O[C@H]2OC[C@H](N)[C@H](O)[C@H]2O)O[C@H](CO[C@H]2O[C@H](CO)[C@@H](O)[C@H](O)[C@H]2NC(=O)CCCCCS)[C@@H](O)[C@@H]1O. The molecule has 274 valence electrons. The molecule has 0 radical (unpaired) electrons. The van der Waals surface area contributed by atoms with Crippen molar-refractivity contribution in [3.63, 3.8) is 0 Å². The summed E-state index contributed by atoms with van der Waals surface area (Å²) in [5.74, 6) is -0.619. The van der Waals surface area contributed by atoms with Crippen LogP contribution < -0.4 is 16.4 Å². The number of hydrogen-bond acceptors (Lipinski definition) is 18. The average molecular weight is 724 g/mol. The summed E-state index contributed by atoms with van der Waals surface area (Å²) in [6, 6.07) is -4.05. The van der Waals surface area contributed by atoms with Gasteiger partial charge in [-0.25, -0.2) is 4.57 Å². The number of aliphatic hydroxyl groups is 7. The maximum absolute atomic E-state index is 12.9. The summed E-state index contributed by atoms with van der Waals surface area (Å²) in [5, 5.41) is 77.2. The molecule has 0 saturated carbocycles. The van der Waals surface area contributed by atoms with Gasteiger partial charge in [-0.15, -0.1) is 0 Å². The molecular formula is C25H46N3O17PS. The zero-order chi connectivity index (χ0) is 35.1. The summed E-state index contributed by atoms with van der Waals surface area (Å²) in [6.45, 7) is -0.753. The first-order chi connectivity index (χ1) is 22.1. The Morgan fingerprint density at radius 2 is 1.45 bits per heavy atom. The fraction of sp³-hybridized carbons (Fsp3) is 0.920. The Hall–Kier alpha value is -1.08. The van der Waals surface area contributed by atoms with Gasteiger partial charge in [-0.05, 0) is 18.6 Å². The zero-order valence-electron chi connectivity index (χ0n) is 25.5. The first-order valence-corrected chi connectivity index (χ1v) is 17.1. The second kappa shape index (κ2) is 18.2. The van der Waals surface area contributed by atoms with Crippen molar-refractivity contribution in [2.75, 3.05) is 25.6 Å². The van der Waals surface area contributed by atoms with Gasteiger partial charge in [0.1, 0.15) is 60.9 Å². The molecule has 0 aromatic rings. The van der Waals surface area contributed by atoms with E-state index in [0.29, 0.717) is 18.6 Å². The molecule has 0 bridgehead atoms. The predicted octanol–water partition coefficient (Wildman–Crippen LogP) is -5.09. The number of aliphatic hydroxyl groups excluding tert-OH is 7. The Morgan fingerprint density at radius 1 is 0.851 bits per heavy atom. The normalized spacial score (nSPS) is 40.7. The van der Waals surface area contributed by atoms with Crippen molar-refractivity contribution in [3.05, 3.63) is 0 Å². The van der Waals surface area contributed by atoms with Crippen molar-refractivity contribution < 1.29 is 82.8 Å². The van der Waals surface area contributed by atoms with Gasteiger partial charge in [0.05, 0.1) is 25.9 Å². The number of unbranched alkanes of at least 4 members (excludes halogenated alkanes) is 2. The molecule has 15 atom stereocenters. The molecule has 1 unspecified atom stereocenters. The maximum atomic E-state index is 12.9. The Balaban J connectivity index is 1.74. The highest BCUT2D eigenvalue weighted by Crippen LogP contribution is 2.48. The first kappa shape index (κ1) is 40.4. The molecule has 3 heterocycles. The lowest BCUT2D eigenvalue weighted by Gasteiger charge is -2.45. The third-order valence-corrected chi connectivity index (χ3v) is 9.03. The lowest BCUT2D eigenvalue weighted by Crippen LogP contribution is -2.66. The average Bonchev–Trinajstić information content (AvgIpc) is 3.01. The van der Waals surface area contributed by atoms with E-state index in [-0.39, 0.29) is 13.0 Å². The summed E-state index contributed by atoms with van der Waals surface area (Å²) in [7, 11) is -5.29. The smallest absolute Gasteiger partial charge is 0.394 e. The molecule has 47 heavy (non-hydrogen) atoms. The molecule has 3 saturated heterocycles. The number of hydrogen-bond donors (Lipinski definition) is 12. The number of nitrogens with one attached hydrogen (secondary N) is 2. The fourth-order valence-electron chi connectivity index (χ4n) is 5.14. The molecule has 0 aliphatic carbocycles. The van der Waals surface area contributed by atoms with Crippen LogP contribution in [0, 0.1) is 0 Å². The monoisotopic (exact) mass is 723 g/mol. The van der Waals surface area contributed by atoms with Crippen molar-refractivity contribution in [1.29, 1.82) is 0 Å². The summed E-state index contributed by atoms with van der Waals surface area (Å²) in [6.07, 6.45) is -16.7. The highest BCUT2D eigenvalue weighted by Gasteiger charge is 2.51. The topological polar surface area (TPSA) is 319 Å². The van der Waals surface area contributed by atoms with E-state index in [1.54, 1.807) is 0 Å². The van der Waals surface area contributed by atoms with Gasteiger partial charge in [-0.1, -0.05) is 6.42 Å². The molecule has 12 N–H and O–H groups in total. The number of nitrogens with two attached hydrogens (primary N) is 1. The number of amides is 2. The second-order valence-corrected chi connectivity index (χ2v) is 13.3. The molecule has 0 aromatic heterocycles. The molecule has 0 aromatic carbocycles. The second-order valence-electron chi connectivity index (χ2n) is 11.4. The van der Waals surface area contributed by atoms with Crippen LogP contribution in [0.1, 0.15) is 32.6 Å². The van der Waals surface area contributed by atoms with Crippen LogP contribution in [-0.4, -0.2) is 164 Å². The molecule has 3 aliphatic heterocycles. The van der Waals surface area contributed by atoms with Gasteiger partial charge in [0.2, 0.25) is 11.8 Å². The Bertz CT molecular complexity index is 1070. The Kier molecular flexibility index (Phi) is 15.7.